The van der Waals surface area contributed by atoms with Crippen LogP contribution in [0.1, 0.15) is 13.8 Å². The van der Waals surface area contributed by atoms with Gasteiger partial charge in [0.25, 0.3) is 0 Å². The van der Waals surface area contributed by atoms with Crippen molar-refractivity contribution < 1.29 is 9.53 Å². The lowest BCUT2D eigenvalue weighted by Crippen LogP contribution is -2.28. The molecule has 0 saturated heterocycles. The summed E-state index contributed by atoms with van der Waals surface area (Å²) in [6, 6.07) is 17.7. The van der Waals surface area contributed by atoms with Gasteiger partial charge in [0.15, 0.2) is 0 Å². The Hall–Kier alpha value is -2.29. The Morgan fingerprint density at radius 3 is 2.45 bits per heavy atom. The van der Waals surface area contributed by atoms with Crippen LogP contribution in [0.25, 0.3) is 11.1 Å². The molecule has 0 spiro atoms. The van der Waals surface area contributed by atoms with Crippen LogP contribution >= 0.6 is 0 Å². The van der Waals surface area contributed by atoms with E-state index >= 15 is 0 Å². The van der Waals surface area contributed by atoms with Crippen LogP contribution in [-0.2, 0) is 9.53 Å². The Morgan fingerprint density at radius 1 is 1.10 bits per heavy atom. The van der Waals surface area contributed by atoms with E-state index in [0.29, 0.717) is 6.61 Å². The molecule has 0 bridgehead atoms. The molecule has 1 N–H and O–H groups in total. The normalized spacial score (nSPS) is 11.7. The molecule has 0 radical (unpaired) electrons. The van der Waals surface area contributed by atoms with Crippen molar-refractivity contribution in [2.75, 3.05) is 11.9 Å². The molecule has 2 aromatic rings. The van der Waals surface area contributed by atoms with E-state index in [9.17, 15) is 4.79 Å². The van der Waals surface area contributed by atoms with E-state index in [0.717, 1.165) is 16.8 Å². The molecule has 0 saturated carbocycles. The minimum absolute atomic E-state index is 0.240. The maximum Gasteiger partial charge on any atom is 0.328 e. The van der Waals surface area contributed by atoms with Crippen molar-refractivity contribution in [1.29, 1.82) is 0 Å². The van der Waals surface area contributed by atoms with Gasteiger partial charge < -0.3 is 10.1 Å². The fourth-order valence-corrected chi connectivity index (χ4v) is 2.04. The first-order chi connectivity index (χ1) is 9.72. The van der Waals surface area contributed by atoms with Crippen LogP contribution in [0.3, 0.4) is 0 Å². The highest BCUT2D eigenvalue weighted by Crippen LogP contribution is 2.28. The van der Waals surface area contributed by atoms with Crippen LogP contribution in [0.5, 0.6) is 0 Å². The van der Waals surface area contributed by atoms with Gasteiger partial charge in [-0.2, -0.15) is 0 Å². The lowest BCUT2D eigenvalue weighted by molar-refractivity contribution is -0.143. The van der Waals surface area contributed by atoms with Crippen LogP contribution in [0.2, 0.25) is 0 Å². The number of carbonyl (C=O) groups excluding carboxylic acids is 1. The van der Waals surface area contributed by atoms with Crippen molar-refractivity contribution in [1.82, 2.24) is 0 Å². The third kappa shape index (κ3) is 3.38. The van der Waals surface area contributed by atoms with Gasteiger partial charge in [0.1, 0.15) is 6.04 Å². The van der Waals surface area contributed by atoms with E-state index in [-0.39, 0.29) is 12.0 Å². The summed E-state index contributed by atoms with van der Waals surface area (Å²) in [5.41, 5.74) is 3.12. The predicted octanol–water partition coefficient (Wildman–Crippen LogP) is 3.72. The van der Waals surface area contributed by atoms with Gasteiger partial charge in [-0.15, -0.1) is 0 Å². The Balaban J connectivity index is 2.23. The molecule has 0 aliphatic rings. The number of para-hydroxylation sites is 1. The van der Waals surface area contributed by atoms with Crippen LogP contribution < -0.4 is 5.32 Å². The molecular weight excluding hydrogens is 250 g/mol. The van der Waals surface area contributed by atoms with Crippen molar-refractivity contribution in [2.45, 2.75) is 19.9 Å². The first kappa shape index (κ1) is 14.1. The minimum atomic E-state index is -0.375. The smallest absolute Gasteiger partial charge is 0.328 e. The number of anilines is 1. The first-order valence-corrected chi connectivity index (χ1v) is 6.80. The van der Waals surface area contributed by atoms with E-state index in [1.54, 1.807) is 6.92 Å². The van der Waals surface area contributed by atoms with Gasteiger partial charge in [-0.25, -0.2) is 4.79 Å². The maximum atomic E-state index is 11.7. The van der Waals surface area contributed by atoms with Gasteiger partial charge in [-0.3, -0.25) is 0 Å². The summed E-state index contributed by atoms with van der Waals surface area (Å²) in [4.78, 5) is 11.7. The summed E-state index contributed by atoms with van der Waals surface area (Å²) in [6.07, 6.45) is 0. The van der Waals surface area contributed by atoms with E-state index in [4.69, 9.17) is 4.74 Å². The second-order valence-corrected chi connectivity index (χ2v) is 4.53. The molecule has 104 valence electrons. The molecule has 0 aromatic heterocycles. The Morgan fingerprint density at radius 2 is 1.75 bits per heavy atom. The van der Waals surface area contributed by atoms with Crippen molar-refractivity contribution >= 4 is 11.7 Å². The van der Waals surface area contributed by atoms with Crippen LogP contribution in [0, 0.1) is 0 Å². The van der Waals surface area contributed by atoms with Gasteiger partial charge in [0.05, 0.1) is 6.61 Å². The molecule has 0 aliphatic heterocycles. The fraction of sp³-hybridized carbons (Fsp3) is 0.235. The van der Waals surface area contributed by atoms with Crippen molar-refractivity contribution in [3.8, 4) is 11.1 Å². The standard InChI is InChI=1S/C17H19NO2/c1-3-20-17(19)13(2)18-16-12-8-7-11-15(16)14-9-5-4-6-10-14/h4-13,18H,3H2,1-2H3/t13-/m0/s1. The van der Waals surface area contributed by atoms with Gasteiger partial charge >= 0.3 is 5.97 Å². The number of esters is 1. The van der Waals surface area contributed by atoms with Crippen LogP contribution in [0.15, 0.2) is 54.6 Å². The zero-order chi connectivity index (χ0) is 14.4. The highest BCUT2D eigenvalue weighted by atomic mass is 16.5. The number of rotatable bonds is 5. The molecule has 0 aliphatic carbocycles. The quantitative estimate of drug-likeness (QED) is 0.841. The average Bonchev–Trinajstić information content (AvgIpc) is 2.49. The summed E-state index contributed by atoms with van der Waals surface area (Å²) < 4.78 is 5.02. The molecule has 3 nitrogen and oxygen atoms in total. The number of nitrogens with one attached hydrogen (secondary N) is 1. The number of ether oxygens (including phenoxy) is 1. The summed E-state index contributed by atoms with van der Waals surface area (Å²) in [6.45, 7) is 4.01. The first-order valence-electron chi connectivity index (χ1n) is 6.80. The molecule has 2 aromatic carbocycles. The lowest BCUT2D eigenvalue weighted by atomic mass is 10.0. The maximum absolute atomic E-state index is 11.7. The molecule has 0 amide bonds. The monoisotopic (exact) mass is 269 g/mol. The van der Waals surface area contributed by atoms with Gasteiger partial charge in [0, 0.05) is 11.3 Å². The molecule has 20 heavy (non-hydrogen) atoms. The SMILES string of the molecule is CCOC(=O)[C@H](C)Nc1ccccc1-c1ccccc1. The molecule has 0 fully saturated rings. The van der Waals surface area contributed by atoms with E-state index < -0.39 is 0 Å². The number of hydrogen-bond donors (Lipinski definition) is 1. The topological polar surface area (TPSA) is 38.3 Å². The summed E-state index contributed by atoms with van der Waals surface area (Å²) in [5, 5.41) is 3.22. The third-order valence-electron chi connectivity index (χ3n) is 3.02. The third-order valence-corrected chi connectivity index (χ3v) is 3.02. The average molecular weight is 269 g/mol. The summed E-state index contributed by atoms with van der Waals surface area (Å²) >= 11 is 0. The van der Waals surface area contributed by atoms with E-state index in [1.165, 1.54) is 0 Å². The van der Waals surface area contributed by atoms with Crippen molar-refractivity contribution in [2.24, 2.45) is 0 Å². The largest absolute Gasteiger partial charge is 0.464 e. The van der Waals surface area contributed by atoms with E-state index in [1.807, 2.05) is 49.4 Å². The second-order valence-electron chi connectivity index (χ2n) is 4.53. The number of benzene rings is 2. The zero-order valence-corrected chi connectivity index (χ0v) is 11.8. The molecule has 3 heteroatoms. The molecule has 0 unspecified atom stereocenters. The number of hydrogen-bond acceptors (Lipinski definition) is 3. The summed E-state index contributed by atoms with van der Waals surface area (Å²) in [5.74, 6) is -0.240. The second kappa shape index (κ2) is 6.75. The molecular formula is C17H19NO2. The van der Waals surface area contributed by atoms with Gasteiger partial charge in [0.2, 0.25) is 0 Å². The highest BCUT2D eigenvalue weighted by Gasteiger charge is 2.15. The number of carbonyl (C=O) groups is 1. The highest BCUT2D eigenvalue weighted by molar-refractivity contribution is 5.83. The van der Waals surface area contributed by atoms with Crippen LogP contribution in [0.4, 0.5) is 5.69 Å². The van der Waals surface area contributed by atoms with Gasteiger partial charge in [-0.05, 0) is 25.5 Å². The Kier molecular flexibility index (Phi) is 4.77. The lowest BCUT2D eigenvalue weighted by Gasteiger charge is -2.17. The van der Waals surface area contributed by atoms with Crippen LogP contribution in [-0.4, -0.2) is 18.6 Å². The van der Waals surface area contributed by atoms with Crippen molar-refractivity contribution in [3.05, 3.63) is 54.6 Å². The Labute approximate surface area is 119 Å². The van der Waals surface area contributed by atoms with E-state index in [2.05, 4.69) is 17.4 Å². The molecule has 2 rings (SSSR count). The zero-order valence-electron chi connectivity index (χ0n) is 11.8. The van der Waals surface area contributed by atoms with Crippen molar-refractivity contribution in [3.63, 3.8) is 0 Å². The Bertz CT molecular complexity index is 566. The minimum Gasteiger partial charge on any atom is -0.464 e. The molecule has 0 heterocycles. The predicted molar refractivity (Wildman–Crippen MR) is 81.6 cm³/mol. The van der Waals surface area contributed by atoms with Gasteiger partial charge in [-0.1, -0.05) is 48.5 Å². The molecule has 1 atom stereocenters. The fourth-order valence-electron chi connectivity index (χ4n) is 2.04. The summed E-state index contributed by atoms with van der Waals surface area (Å²) in [7, 11) is 0.